The molecule has 0 aromatic carbocycles. The average Bonchev–Trinajstić information content (AvgIpc) is 2.72. The smallest absolute Gasteiger partial charge is 0.176 e. The maximum absolute atomic E-state index is 4.26. The van der Waals surface area contributed by atoms with Crippen LogP contribution in [0.15, 0.2) is 0 Å². The lowest BCUT2D eigenvalue weighted by Gasteiger charge is -2.25. The number of rotatable bonds is 8. The summed E-state index contributed by atoms with van der Waals surface area (Å²) in [5, 5.41) is 15.6. The lowest BCUT2D eigenvalue weighted by molar-refractivity contribution is 0.319. The molecule has 5 nitrogen and oxygen atoms in total. The SMILES string of the molecule is CCCC(CCC)C(Cc1nnn(C)n1)NC. The molecule has 1 aromatic rings. The summed E-state index contributed by atoms with van der Waals surface area (Å²) in [6.07, 6.45) is 5.86. The summed E-state index contributed by atoms with van der Waals surface area (Å²) < 4.78 is 0. The zero-order chi connectivity index (χ0) is 12.7. The molecule has 0 saturated carbocycles. The molecule has 17 heavy (non-hydrogen) atoms. The number of likely N-dealkylation sites (N-methyl/N-ethyl adjacent to an activating group) is 1. The summed E-state index contributed by atoms with van der Waals surface area (Å²) in [7, 11) is 3.83. The standard InChI is InChI=1S/C12H25N5/c1-5-7-10(8-6-2)11(13-3)9-12-14-16-17(4)15-12/h10-11,13H,5-9H2,1-4H3. The quantitative estimate of drug-likeness (QED) is 0.748. The van der Waals surface area contributed by atoms with E-state index in [0.29, 0.717) is 12.0 Å². The second-order valence-corrected chi connectivity index (χ2v) is 4.63. The van der Waals surface area contributed by atoms with Gasteiger partial charge in [-0.15, -0.1) is 10.2 Å². The predicted octanol–water partition coefficient (Wildman–Crippen LogP) is 1.56. The van der Waals surface area contributed by atoms with Gasteiger partial charge in [0.1, 0.15) is 0 Å². The van der Waals surface area contributed by atoms with Gasteiger partial charge in [0.05, 0.1) is 7.05 Å². The summed E-state index contributed by atoms with van der Waals surface area (Å²) in [4.78, 5) is 1.52. The summed E-state index contributed by atoms with van der Waals surface area (Å²) in [6.45, 7) is 4.49. The molecular weight excluding hydrogens is 214 g/mol. The highest BCUT2D eigenvalue weighted by Gasteiger charge is 2.20. The van der Waals surface area contributed by atoms with Gasteiger partial charge in [0.25, 0.3) is 0 Å². The summed E-state index contributed by atoms with van der Waals surface area (Å²) >= 11 is 0. The number of nitrogens with one attached hydrogen (secondary N) is 1. The number of tetrazole rings is 1. The lowest BCUT2D eigenvalue weighted by Crippen LogP contribution is -2.36. The molecule has 1 heterocycles. The van der Waals surface area contributed by atoms with E-state index in [4.69, 9.17) is 0 Å². The number of aromatic nitrogens is 4. The lowest BCUT2D eigenvalue weighted by atomic mass is 9.88. The van der Waals surface area contributed by atoms with E-state index in [-0.39, 0.29) is 0 Å². The minimum Gasteiger partial charge on any atom is -0.316 e. The fraction of sp³-hybridized carbons (Fsp3) is 0.917. The molecule has 98 valence electrons. The maximum Gasteiger partial charge on any atom is 0.176 e. The van der Waals surface area contributed by atoms with E-state index in [1.54, 1.807) is 7.05 Å². The molecule has 0 radical (unpaired) electrons. The molecular formula is C12H25N5. The van der Waals surface area contributed by atoms with Crippen molar-refractivity contribution in [1.82, 2.24) is 25.5 Å². The van der Waals surface area contributed by atoms with Crippen molar-refractivity contribution in [1.29, 1.82) is 0 Å². The fourth-order valence-electron chi connectivity index (χ4n) is 2.39. The first kappa shape index (κ1) is 14.1. The van der Waals surface area contributed by atoms with Gasteiger partial charge in [0.2, 0.25) is 0 Å². The third kappa shape index (κ3) is 4.42. The van der Waals surface area contributed by atoms with Gasteiger partial charge >= 0.3 is 0 Å². The molecule has 0 aliphatic rings. The first-order valence-electron chi connectivity index (χ1n) is 6.61. The summed E-state index contributed by atoms with van der Waals surface area (Å²) in [6, 6.07) is 0.457. The van der Waals surface area contributed by atoms with Crippen LogP contribution in [0.4, 0.5) is 0 Å². The fourth-order valence-corrected chi connectivity index (χ4v) is 2.39. The molecule has 0 aliphatic carbocycles. The molecule has 1 unspecified atom stereocenters. The molecule has 0 spiro atoms. The van der Waals surface area contributed by atoms with Gasteiger partial charge in [-0.25, -0.2) is 0 Å². The molecule has 1 aromatic heterocycles. The van der Waals surface area contributed by atoms with E-state index < -0.39 is 0 Å². The largest absolute Gasteiger partial charge is 0.316 e. The van der Waals surface area contributed by atoms with Crippen molar-refractivity contribution in [3.63, 3.8) is 0 Å². The molecule has 0 saturated heterocycles. The van der Waals surface area contributed by atoms with Crippen LogP contribution < -0.4 is 5.32 Å². The second-order valence-electron chi connectivity index (χ2n) is 4.63. The molecule has 1 atom stereocenters. The summed E-state index contributed by atoms with van der Waals surface area (Å²) in [5.74, 6) is 1.54. The van der Waals surface area contributed by atoms with Crippen molar-refractivity contribution < 1.29 is 0 Å². The third-order valence-corrected chi connectivity index (χ3v) is 3.21. The van der Waals surface area contributed by atoms with Gasteiger partial charge in [-0.3, -0.25) is 0 Å². The Morgan fingerprint density at radius 2 is 1.88 bits per heavy atom. The molecule has 5 heteroatoms. The number of hydrogen-bond donors (Lipinski definition) is 1. The van der Waals surface area contributed by atoms with Gasteiger partial charge in [-0.1, -0.05) is 26.7 Å². The van der Waals surface area contributed by atoms with Gasteiger partial charge in [-0.05, 0) is 31.0 Å². The van der Waals surface area contributed by atoms with Crippen molar-refractivity contribution in [3.05, 3.63) is 5.82 Å². The molecule has 1 N–H and O–H groups in total. The van der Waals surface area contributed by atoms with Crippen LogP contribution in [-0.4, -0.2) is 33.3 Å². The monoisotopic (exact) mass is 239 g/mol. The van der Waals surface area contributed by atoms with Crippen molar-refractivity contribution in [3.8, 4) is 0 Å². The van der Waals surface area contributed by atoms with Crippen LogP contribution in [0.3, 0.4) is 0 Å². The van der Waals surface area contributed by atoms with Gasteiger partial charge in [0, 0.05) is 12.5 Å². The van der Waals surface area contributed by atoms with Gasteiger partial charge in [-0.2, -0.15) is 4.80 Å². The Bertz CT molecular complexity index is 304. The van der Waals surface area contributed by atoms with Crippen LogP contribution >= 0.6 is 0 Å². The van der Waals surface area contributed by atoms with Crippen LogP contribution in [0.1, 0.15) is 45.4 Å². The van der Waals surface area contributed by atoms with Crippen molar-refractivity contribution in [2.45, 2.75) is 52.0 Å². The van der Waals surface area contributed by atoms with E-state index >= 15 is 0 Å². The Labute approximate surface area is 104 Å². The van der Waals surface area contributed by atoms with Gasteiger partial charge in [0.15, 0.2) is 5.82 Å². The average molecular weight is 239 g/mol. The van der Waals surface area contributed by atoms with E-state index in [9.17, 15) is 0 Å². The third-order valence-electron chi connectivity index (χ3n) is 3.21. The van der Waals surface area contributed by atoms with Crippen LogP contribution in [0.25, 0.3) is 0 Å². The Balaban J connectivity index is 2.61. The number of aryl methyl sites for hydroxylation is 1. The van der Waals surface area contributed by atoms with Crippen molar-refractivity contribution in [2.24, 2.45) is 13.0 Å². The zero-order valence-corrected chi connectivity index (χ0v) is 11.5. The molecule has 1 rings (SSSR count). The van der Waals surface area contributed by atoms with E-state index in [0.717, 1.165) is 12.2 Å². The van der Waals surface area contributed by atoms with Crippen LogP contribution in [0.2, 0.25) is 0 Å². The minimum absolute atomic E-state index is 0.457. The summed E-state index contributed by atoms with van der Waals surface area (Å²) in [5.41, 5.74) is 0. The Morgan fingerprint density at radius 1 is 1.24 bits per heavy atom. The zero-order valence-electron chi connectivity index (χ0n) is 11.5. The number of nitrogens with zero attached hydrogens (tertiary/aromatic N) is 4. The topological polar surface area (TPSA) is 55.6 Å². The molecule has 0 amide bonds. The van der Waals surface area contributed by atoms with E-state index in [1.807, 2.05) is 7.05 Å². The molecule has 0 fully saturated rings. The molecule has 0 aliphatic heterocycles. The van der Waals surface area contributed by atoms with Gasteiger partial charge < -0.3 is 5.32 Å². The van der Waals surface area contributed by atoms with Crippen molar-refractivity contribution in [2.75, 3.05) is 7.05 Å². The Hall–Kier alpha value is -0.970. The highest BCUT2D eigenvalue weighted by Crippen LogP contribution is 2.19. The Kier molecular flexibility index (Phi) is 6.11. The molecule has 0 bridgehead atoms. The Morgan fingerprint density at radius 3 is 2.29 bits per heavy atom. The normalized spacial score (nSPS) is 13.2. The maximum atomic E-state index is 4.26. The second kappa shape index (κ2) is 7.37. The van der Waals surface area contributed by atoms with E-state index in [2.05, 4.69) is 34.6 Å². The van der Waals surface area contributed by atoms with Crippen LogP contribution in [0, 0.1) is 5.92 Å². The number of hydrogen-bond acceptors (Lipinski definition) is 4. The van der Waals surface area contributed by atoms with Crippen molar-refractivity contribution >= 4 is 0 Å². The highest BCUT2D eigenvalue weighted by atomic mass is 15.6. The minimum atomic E-state index is 0.457. The first-order chi connectivity index (χ1) is 8.21. The first-order valence-corrected chi connectivity index (χ1v) is 6.61. The van der Waals surface area contributed by atoms with Crippen LogP contribution in [-0.2, 0) is 13.5 Å². The van der Waals surface area contributed by atoms with E-state index in [1.165, 1.54) is 30.5 Å². The highest BCUT2D eigenvalue weighted by molar-refractivity contribution is 4.87. The van der Waals surface area contributed by atoms with Crippen LogP contribution in [0.5, 0.6) is 0 Å². The predicted molar refractivity (Wildman–Crippen MR) is 68.7 cm³/mol.